The summed E-state index contributed by atoms with van der Waals surface area (Å²) in [5.41, 5.74) is 8.59. The first kappa shape index (κ1) is 17.9. The Morgan fingerprint density at radius 3 is 2.50 bits per heavy atom. The number of carbonyl (C=O) groups excluding carboxylic acids is 2. The van der Waals surface area contributed by atoms with Crippen LogP contribution in [0.3, 0.4) is 0 Å². The molecule has 0 aliphatic rings. The zero-order valence-electron chi connectivity index (χ0n) is 14.8. The number of rotatable bonds is 5. The molecule has 0 saturated heterocycles. The lowest BCUT2D eigenvalue weighted by molar-refractivity contribution is -0.118. The molecule has 3 N–H and O–H groups in total. The van der Waals surface area contributed by atoms with Crippen molar-refractivity contribution in [3.05, 3.63) is 59.7 Å². The maximum atomic E-state index is 12.7. The van der Waals surface area contributed by atoms with Crippen LogP contribution in [0.2, 0.25) is 0 Å². The molecule has 3 aromatic rings. The largest absolute Gasteiger partial charge is 0.366 e. The van der Waals surface area contributed by atoms with Gasteiger partial charge in [-0.15, -0.1) is 11.3 Å². The fourth-order valence-corrected chi connectivity index (χ4v) is 3.73. The predicted molar refractivity (Wildman–Crippen MR) is 103 cm³/mol. The second-order valence-electron chi connectivity index (χ2n) is 6.07. The predicted octanol–water partition coefficient (Wildman–Crippen LogP) is 3.53. The Morgan fingerprint density at radius 2 is 1.92 bits per heavy atom. The topological polar surface area (TPSA) is 90.0 Å². The van der Waals surface area contributed by atoms with E-state index < -0.39 is 11.9 Å². The Morgan fingerprint density at radius 1 is 1.23 bits per heavy atom. The number of imidazole rings is 1. The van der Waals surface area contributed by atoms with E-state index in [-0.39, 0.29) is 5.91 Å². The number of nitrogens with zero attached hydrogens (tertiary/aromatic N) is 2. The van der Waals surface area contributed by atoms with Gasteiger partial charge in [0.25, 0.3) is 5.91 Å². The first-order valence-corrected chi connectivity index (χ1v) is 9.00. The molecule has 1 unspecified atom stereocenters. The van der Waals surface area contributed by atoms with Crippen LogP contribution in [0.1, 0.15) is 34.7 Å². The van der Waals surface area contributed by atoms with Crippen molar-refractivity contribution in [3.8, 4) is 10.4 Å². The maximum absolute atomic E-state index is 12.7. The monoisotopic (exact) mass is 368 g/mol. The number of aromatic nitrogens is 2. The van der Waals surface area contributed by atoms with Gasteiger partial charge in [-0.25, -0.2) is 4.98 Å². The molecule has 3 rings (SSSR count). The summed E-state index contributed by atoms with van der Waals surface area (Å²) in [6.45, 7) is 5.60. The van der Waals surface area contributed by atoms with Gasteiger partial charge in [-0.3, -0.25) is 9.59 Å². The SMILES string of the molecule is Cc1ncn(C(C)C(=O)Nc2sc(-c3ccccc3)cc2C(N)=O)c1C. The first-order chi connectivity index (χ1) is 12.4. The summed E-state index contributed by atoms with van der Waals surface area (Å²) in [7, 11) is 0. The Bertz CT molecular complexity index is 959. The molecule has 0 aliphatic heterocycles. The first-order valence-electron chi connectivity index (χ1n) is 8.18. The molecule has 2 amide bonds. The number of hydrogen-bond acceptors (Lipinski definition) is 4. The fourth-order valence-electron chi connectivity index (χ4n) is 2.66. The van der Waals surface area contributed by atoms with E-state index in [0.717, 1.165) is 21.8 Å². The Hall–Kier alpha value is -2.93. The highest BCUT2D eigenvalue weighted by atomic mass is 32.1. The maximum Gasteiger partial charge on any atom is 0.251 e. The molecule has 1 atom stereocenters. The normalized spacial score (nSPS) is 12.0. The van der Waals surface area contributed by atoms with Crippen LogP contribution in [0, 0.1) is 13.8 Å². The molecule has 1 aromatic carbocycles. The third kappa shape index (κ3) is 3.39. The molecule has 134 valence electrons. The van der Waals surface area contributed by atoms with Crippen LogP contribution in [-0.2, 0) is 4.79 Å². The molecule has 6 nitrogen and oxygen atoms in total. The average Bonchev–Trinajstić information content (AvgIpc) is 3.19. The van der Waals surface area contributed by atoms with E-state index >= 15 is 0 Å². The quantitative estimate of drug-likeness (QED) is 0.722. The number of nitrogens with one attached hydrogen (secondary N) is 1. The summed E-state index contributed by atoms with van der Waals surface area (Å²) in [4.78, 5) is 29.6. The smallest absolute Gasteiger partial charge is 0.251 e. The minimum atomic E-state index is -0.568. The van der Waals surface area contributed by atoms with Gasteiger partial charge in [0.15, 0.2) is 0 Å². The van der Waals surface area contributed by atoms with Gasteiger partial charge in [-0.05, 0) is 32.4 Å². The van der Waals surface area contributed by atoms with Crippen molar-refractivity contribution < 1.29 is 9.59 Å². The zero-order valence-corrected chi connectivity index (χ0v) is 15.6. The summed E-state index contributed by atoms with van der Waals surface area (Å²) in [5, 5.41) is 3.31. The van der Waals surface area contributed by atoms with Gasteiger partial charge >= 0.3 is 0 Å². The van der Waals surface area contributed by atoms with Gasteiger partial charge < -0.3 is 15.6 Å². The van der Waals surface area contributed by atoms with Gasteiger partial charge in [0.05, 0.1) is 17.6 Å². The fraction of sp³-hybridized carbons (Fsp3) is 0.211. The van der Waals surface area contributed by atoms with Crippen molar-refractivity contribution >= 4 is 28.2 Å². The van der Waals surface area contributed by atoms with Crippen LogP contribution < -0.4 is 11.1 Å². The zero-order chi connectivity index (χ0) is 18.8. The van der Waals surface area contributed by atoms with E-state index in [9.17, 15) is 9.59 Å². The summed E-state index contributed by atoms with van der Waals surface area (Å²) in [6.07, 6.45) is 1.65. The number of benzene rings is 1. The summed E-state index contributed by atoms with van der Waals surface area (Å²) >= 11 is 1.33. The molecule has 2 aromatic heterocycles. The number of carbonyl (C=O) groups is 2. The Labute approximate surface area is 155 Å². The van der Waals surface area contributed by atoms with Crippen molar-refractivity contribution in [2.45, 2.75) is 26.8 Å². The number of amides is 2. The minimum Gasteiger partial charge on any atom is -0.366 e. The molecule has 0 saturated carbocycles. The van der Waals surface area contributed by atoms with E-state index in [0.29, 0.717) is 10.6 Å². The van der Waals surface area contributed by atoms with Crippen LogP contribution >= 0.6 is 11.3 Å². The van der Waals surface area contributed by atoms with Crippen LogP contribution in [0.5, 0.6) is 0 Å². The van der Waals surface area contributed by atoms with Crippen molar-refractivity contribution in [3.63, 3.8) is 0 Å². The summed E-state index contributed by atoms with van der Waals surface area (Å²) < 4.78 is 1.81. The number of thiophene rings is 1. The van der Waals surface area contributed by atoms with E-state index in [1.165, 1.54) is 11.3 Å². The second kappa shape index (κ2) is 7.13. The van der Waals surface area contributed by atoms with Gasteiger partial charge in [0.2, 0.25) is 5.91 Å². The summed E-state index contributed by atoms with van der Waals surface area (Å²) in [5.74, 6) is -0.796. The molecule has 0 radical (unpaired) electrons. The number of nitrogens with two attached hydrogens (primary N) is 1. The second-order valence-corrected chi connectivity index (χ2v) is 7.12. The molecule has 0 bridgehead atoms. The van der Waals surface area contributed by atoms with Gasteiger partial charge in [-0.2, -0.15) is 0 Å². The van der Waals surface area contributed by atoms with E-state index in [1.54, 1.807) is 23.9 Å². The lowest BCUT2D eigenvalue weighted by Crippen LogP contribution is -2.25. The highest BCUT2D eigenvalue weighted by molar-refractivity contribution is 7.20. The Kier molecular flexibility index (Phi) is 4.90. The van der Waals surface area contributed by atoms with Crippen molar-refractivity contribution in [2.75, 3.05) is 5.32 Å². The van der Waals surface area contributed by atoms with Gasteiger partial charge in [0.1, 0.15) is 11.0 Å². The third-order valence-corrected chi connectivity index (χ3v) is 5.48. The average molecular weight is 368 g/mol. The van der Waals surface area contributed by atoms with Crippen molar-refractivity contribution in [1.29, 1.82) is 0 Å². The lowest BCUT2D eigenvalue weighted by Gasteiger charge is -2.15. The van der Waals surface area contributed by atoms with Crippen LogP contribution in [0.4, 0.5) is 5.00 Å². The van der Waals surface area contributed by atoms with Crippen LogP contribution in [0.25, 0.3) is 10.4 Å². The van der Waals surface area contributed by atoms with Gasteiger partial charge in [0, 0.05) is 10.6 Å². The molecule has 0 spiro atoms. The number of hydrogen-bond donors (Lipinski definition) is 2. The molecule has 0 fully saturated rings. The highest BCUT2D eigenvalue weighted by Gasteiger charge is 2.22. The van der Waals surface area contributed by atoms with E-state index in [1.807, 2.05) is 44.2 Å². The number of anilines is 1. The van der Waals surface area contributed by atoms with E-state index in [4.69, 9.17) is 5.73 Å². The lowest BCUT2D eigenvalue weighted by atomic mass is 10.1. The standard InChI is InChI=1S/C19H20N4O2S/c1-11-12(2)23(10-21-11)13(3)18(25)22-19-15(17(20)24)9-16(26-19)14-7-5-4-6-8-14/h4-10,13H,1-3H3,(H2,20,24)(H,22,25). The molecule has 2 heterocycles. The molecular formula is C19H20N4O2S. The van der Waals surface area contributed by atoms with Gasteiger partial charge in [-0.1, -0.05) is 30.3 Å². The Balaban J connectivity index is 1.89. The third-order valence-electron chi connectivity index (χ3n) is 4.38. The summed E-state index contributed by atoms with van der Waals surface area (Å²) in [6, 6.07) is 10.9. The molecular weight excluding hydrogens is 348 g/mol. The molecule has 7 heteroatoms. The van der Waals surface area contributed by atoms with Crippen molar-refractivity contribution in [1.82, 2.24) is 9.55 Å². The van der Waals surface area contributed by atoms with Crippen LogP contribution in [-0.4, -0.2) is 21.4 Å². The molecule has 0 aliphatic carbocycles. The van der Waals surface area contributed by atoms with Crippen molar-refractivity contribution in [2.24, 2.45) is 5.73 Å². The number of aryl methyl sites for hydroxylation is 1. The van der Waals surface area contributed by atoms with E-state index in [2.05, 4.69) is 10.3 Å². The number of primary amides is 1. The molecule has 26 heavy (non-hydrogen) atoms. The minimum absolute atomic E-state index is 0.227. The van der Waals surface area contributed by atoms with Crippen LogP contribution in [0.15, 0.2) is 42.7 Å². The highest BCUT2D eigenvalue weighted by Crippen LogP contribution is 2.35.